The summed E-state index contributed by atoms with van der Waals surface area (Å²) in [6, 6.07) is 3.17. The molecule has 94 valence electrons. The number of nitrogens with zero attached hydrogens (tertiary/aromatic N) is 4. The minimum atomic E-state index is -0.995. The normalized spacial score (nSPS) is 18.1. The van der Waals surface area contributed by atoms with Gasteiger partial charge < -0.3 is 5.11 Å². The molecule has 0 spiro atoms. The van der Waals surface area contributed by atoms with Crippen LogP contribution in [0.5, 0.6) is 0 Å². The summed E-state index contributed by atoms with van der Waals surface area (Å²) >= 11 is 0. The van der Waals surface area contributed by atoms with Crippen molar-refractivity contribution >= 4 is 23.3 Å². The lowest BCUT2D eigenvalue weighted by Crippen LogP contribution is -2.26. The molecule has 0 amide bonds. The summed E-state index contributed by atoms with van der Waals surface area (Å²) in [6.07, 6.45) is 0.661. The Morgan fingerprint density at radius 1 is 1.33 bits per heavy atom. The summed E-state index contributed by atoms with van der Waals surface area (Å²) in [7, 11) is 0. The number of hydrogen-bond acceptors (Lipinski definition) is 7. The summed E-state index contributed by atoms with van der Waals surface area (Å²) in [6.45, 7) is 0. The van der Waals surface area contributed by atoms with E-state index >= 15 is 0 Å². The summed E-state index contributed by atoms with van der Waals surface area (Å²) < 4.78 is 0. The average Bonchev–Trinajstić information content (AvgIpc) is 2.74. The highest BCUT2D eigenvalue weighted by Gasteiger charge is 2.28. The number of hydrogen-bond donors (Lipinski definition) is 1. The zero-order chi connectivity index (χ0) is 13.3. The first-order valence-electron chi connectivity index (χ1n) is 4.93. The van der Waals surface area contributed by atoms with Crippen molar-refractivity contribution in [2.24, 2.45) is 5.10 Å². The number of hydrazone groups is 1. The fourth-order valence-corrected chi connectivity index (χ4v) is 1.59. The van der Waals surface area contributed by atoms with Gasteiger partial charge in [0, 0.05) is 18.7 Å². The summed E-state index contributed by atoms with van der Waals surface area (Å²) in [4.78, 5) is 20.0. The summed E-state index contributed by atoms with van der Waals surface area (Å²) in [5.74, 6) is 0. The molecule has 2 rings (SSSR count). The number of non-ortho nitro benzene ring substituents is 1. The van der Waals surface area contributed by atoms with Crippen LogP contribution in [0.2, 0.25) is 0 Å². The van der Waals surface area contributed by atoms with E-state index in [2.05, 4.69) is 5.10 Å². The highest BCUT2D eigenvalue weighted by molar-refractivity contribution is 5.72. The van der Waals surface area contributed by atoms with Gasteiger partial charge >= 0.3 is 5.69 Å². The van der Waals surface area contributed by atoms with Gasteiger partial charge in [-0.2, -0.15) is 5.10 Å². The Bertz CT molecular complexity index is 544. The van der Waals surface area contributed by atoms with Crippen molar-refractivity contribution in [3.8, 4) is 0 Å². The lowest BCUT2D eigenvalue weighted by atomic mass is 10.2. The maximum atomic E-state index is 10.9. The maximum absolute atomic E-state index is 10.9. The minimum Gasteiger partial charge on any atom is -0.371 e. The van der Waals surface area contributed by atoms with Gasteiger partial charge in [-0.1, -0.05) is 0 Å². The van der Waals surface area contributed by atoms with Crippen LogP contribution in [0.1, 0.15) is 6.42 Å². The number of aliphatic hydroxyl groups excluding tert-OH is 1. The van der Waals surface area contributed by atoms with Crippen molar-refractivity contribution in [2.75, 3.05) is 5.01 Å². The van der Waals surface area contributed by atoms with E-state index in [4.69, 9.17) is 0 Å². The second-order valence-electron chi connectivity index (χ2n) is 3.55. The quantitative estimate of drug-likeness (QED) is 0.632. The molecule has 1 heterocycles. The molecule has 0 saturated heterocycles. The number of aliphatic hydroxyl groups is 1. The van der Waals surface area contributed by atoms with E-state index in [0.717, 1.165) is 17.1 Å². The van der Waals surface area contributed by atoms with Gasteiger partial charge in [0.25, 0.3) is 5.69 Å². The number of rotatable bonds is 3. The van der Waals surface area contributed by atoms with E-state index in [0.29, 0.717) is 0 Å². The molecule has 1 atom stereocenters. The molecule has 1 aliphatic heterocycles. The molecule has 0 aromatic heterocycles. The zero-order valence-electron chi connectivity index (χ0n) is 8.96. The third kappa shape index (κ3) is 1.98. The van der Waals surface area contributed by atoms with Gasteiger partial charge in [-0.25, -0.2) is 5.01 Å². The SMILES string of the molecule is O=[N+]([O-])c1ccc(N2N=CCC2O)c([N+](=O)[O-])c1. The predicted molar refractivity (Wildman–Crippen MR) is 61.3 cm³/mol. The molecule has 1 aromatic rings. The smallest absolute Gasteiger partial charge is 0.301 e. The van der Waals surface area contributed by atoms with Crippen molar-refractivity contribution in [2.45, 2.75) is 12.6 Å². The van der Waals surface area contributed by atoms with E-state index in [1.54, 1.807) is 0 Å². The Hall–Kier alpha value is -2.55. The molecule has 18 heavy (non-hydrogen) atoms. The predicted octanol–water partition coefficient (Wildman–Crippen LogP) is 1.02. The third-order valence-corrected chi connectivity index (χ3v) is 2.42. The monoisotopic (exact) mass is 252 g/mol. The van der Waals surface area contributed by atoms with Crippen LogP contribution in [0.4, 0.5) is 17.1 Å². The fraction of sp³-hybridized carbons (Fsp3) is 0.222. The van der Waals surface area contributed by atoms with E-state index in [-0.39, 0.29) is 17.8 Å². The summed E-state index contributed by atoms with van der Waals surface area (Å²) in [5, 5.41) is 35.9. The van der Waals surface area contributed by atoms with Crippen molar-refractivity contribution in [3.63, 3.8) is 0 Å². The lowest BCUT2D eigenvalue weighted by Gasteiger charge is -2.18. The zero-order valence-corrected chi connectivity index (χ0v) is 8.96. The van der Waals surface area contributed by atoms with Crippen LogP contribution in [-0.2, 0) is 0 Å². The molecule has 0 fully saturated rings. The van der Waals surface area contributed by atoms with E-state index in [1.807, 2.05) is 0 Å². The Balaban J connectivity index is 2.50. The van der Waals surface area contributed by atoms with Gasteiger partial charge in [-0.3, -0.25) is 20.2 Å². The van der Waals surface area contributed by atoms with Crippen molar-refractivity contribution < 1.29 is 15.0 Å². The molecule has 0 bridgehead atoms. The van der Waals surface area contributed by atoms with Crippen LogP contribution >= 0.6 is 0 Å². The molecule has 1 aromatic carbocycles. The topological polar surface area (TPSA) is 122 Å². The second-order valence-corrected chi connectivity index (χ2v) is 3.55. The first-order valence-corrected chi connectivity index (χ1v) is 4.93. The first kappa shape index (κ1) is 11.9. The van der Waals surface area contributed by atoms with Crippen LogP contribution in [0.15, 0.2) is 23.3 Å². The van der Waals surface area contributed by atoms with E-state index in [9.17, 15) is 25.3 Å². The van der Waals surface area contributed by atoms with Gasteiger partial charge in [0.1, 0.15) is 5.69 Å². The number of anilines is 1. The Morgan fingerprint density at radius 2 is 2.06 bits per heavy atom. The maximum Gasteiger partial charge on any atom is 0.301 e. The molecule has 9 heteroatoms. The molecule has 0 saturated carbocycles. The van der Waals surface area contributed by atoms with Crippen LogP contribution in [0, 0.1) is 20.2 Å². The minimum absolute atomic E-state index is 0.0202. The molecule has 9 nitrogen and oxygen atoms in total. The largest absolute Gasteiger partial charge is 0.371 e. The second kappa shape index (κ2) is 4.37. The number of nitro benzene ring substituents is 2. The van der Waals surface area contributed by atoms with E-state index < -0.39 is 21.8 Å². The molecule has 1 aliphatic rings. The van der Waals surface area contributed by atoms with Gasteiger partial charge in [0.2, 0.25) is 0 Å². The van der Waals surface area contributed by atoms with Crippen LogP contribution < -0.4 is 5.01 Å². The Morgan fingerprint density at radius 3 is 2.56 bits per heavy atom. The average molecular weight is 252 g/mol. The van der Waals surface area contributed by atoms with Crippen molar-refractivity contribution in [1.82, 2.24) is 0 Å². The van der Waals surface area contributed by atoms with Gasteiger partial charge in [-0.15, -0.1) is 0 Å². The molecule has 0 radical (unpaired) electrons. The molecule has 1 unspecified atom stereocenters. The first-order chi connectivity index (χ1) is 8.50. The van der Waals surface area contributed by atoms with Gasteiger partial charge in [-0.05, 0) is 6.07 Å². The van der Waals surface area contributed by atoms with Gasteiger partial charge in [0.05, 0.1) is 15.9 Å². The standard InChI is InChI=1S/C9H8N4O5/c14-9-3-4-10-11(9)7-2-1-6(12(15)16)5-8(7)13(17)18/h1-2,4-5,9,14H,3H2. The molecular weight excluding hydrogens is 244 g/mol. The van der Waals surface area contributed by atoms with Crippen LogP contribution in [0.3, 0.4) is 0 Å². The van der Waals surface area contributed by atoms with E-state index in [1.165, 1.54) is 12.3 Å². The number of nitro groups is 2. The van der Waals surface area contributed by atoms with Crippen LogP contribution in [-0.4, -0.2) is 27.4 Å². The molecule has 1 N–H and O–H groups in total. The number of benzene rings is 1. The Kier molecular flexibility index (Phi) is 2.90. The highest BCUT2D eigenvalue weighted by atomic mass is 16.6. The highest BCUT2D eigenvalue weighted by Crippen LogP contribution is 2.34. The fourth-order valence-electron chi connectivity index (χ4n) is 1.59. The molecular formula is C9H8N4O5. The Labute approximate surface area is 100 Å². The van der Waals surface area contributed by atoms with Crippen molar-refractivity contribution in [3.05, 3.63) is 38.4 Å². The van der Waals surface area contributed by atoms with Crippen LogP contribution in [0.25, 0.3) is 0 Å². The summed E-state index contributed by atoms with van der Waals surface area (Å²) in [5.41, 5.74) is -0.836. The van der Waals surface area contributed by atoms with Gasteiger partial charge in [0.15, 0.2) is 6.23 Å². The lowest BCUT2D eigenvalue weighted by molar-refractivity contribution is -0.393. The molecule has 0 aliphatic carbocycles. The van der Waals surface area contributed by atoms with Crippen molar-refractivity contribution in [1.29, 1.82) is 0 Å². The third-order valence-electron chi connectivity index (χ3n) is 2.42.